The van der Waals surface area contributed by atoms with E-state index >= 15 is 0 Å². The molecule has 1 aromatic carbocycles. The van der Waals surface area contributed by atoms with Gasteiger partial charge in [-0.25, -0.2) is 4.79 Å². The molecule has 2 rings (SSSR count). The summed E-state index contributed by atoms with van der Waals surface area (Å²) in [5, 5.41) is 28.3. The van der Waals surface area contributed by atoms with Gasteiger partial charge in [0, 0.05) is 0 Å². The van der Waals surface area contributed by atoms with Crippen LogP contribution in [0.15, 0.2) is 23.1 Å². The van der Waals surface area contributed by atoms with E-state index in [1.165, 1.54) is 24.3 Å². The molecule has 1 aliphatic heterocycles. The second kappa shape index (κ2) is 7.23. The number of aromatic hydroxyl groups is 2. The van der Waals surface area contributed by atoms with Gasteiger partial charge in [0.15, 0.2) is 11.5 Å². The van der Waals surface area contributed by atoms with Crippen LogP contribution < -0.4 is 0 Å². The molecule has 1 saturated heterocycles. The fraction of sp³-hybridized carbons (Fsp3) is 0.312. The second-order valence-electron chi connectivity index (χ2n) is 5.78. The van der Waals surface area contributed by atoms with E-state index in [0.717, 1.165) is 16.7 Å². The lowest BCUT2D eigenvalue weighted by Gasteiger charge is -2.24. The average molecular weight is 367 g/mol. The maximum atomic E-state index is 12.6. The predicted octanol–water partition coefficient (Wildman–Crippen LogP) is 2.80. The Bertz CT molecular complexity index is 729. The van der Waals surface area contributed by atoms with E-state index < -0.39 is 17.9 Å². The minimum atomic E-state index is -1.09. The van der Waals surface area contributed by atoms with E-state index in [2.05, 4.69) is 0 Å². The number of thioether (sulfide) groups is 1. The van der Waals surface area contributed by atoms with E-state index in [1.807, 2.05) is 13.8 Å². The summed E-state index contributed by atoms with van der Waals surface area (Å²) in [5.41, 5.74) is 0.501. The van der Waals surface area contributed by atoms with Crippen molar-refractivity contribution in [2.24, 2.45) is 5.92 Å². The molecule has 1 heterocycles. The zero-order valence-electron chi connectivity index (χ0n) is 13.1. The van der Waals surface area contributed by atoms with E-state index in [4.69, 9.17) is 12.2 Å². The van der Waals surface area contributed by atoms with Crippen LogP contribution in [0.1, 0.15) is 25.8 Å². The monoisotopic (exact) mass is 367 g/mol. The first-order chi connectivity index (χ1) is 11.2. The van der Waals surface area contributed by atoms with Crippen LogP contribution >= 0.6 is 24.0 Å². The Labute approximate surface area is 148 Å². The van der Waals surface area contributed by atoms with Crippen molar-refractivity contribution in [3.05, 3.63) is 28.7 Å². The van der Waals surface area contributed by atoms with Crippen LogP contribution in [0.2, 0.25) is 0 Å². The number of phenolic OH excluding ortho intramolecular Hbond substituents is 2. The Hall–Kier alpha value is -2.06. The third-order valence-electron chi connectivity index (χ3n) is 3.41. The van der Waals surface area contributed by atoms with Crippen molar-refractivity contribution in [1.29, 1.82) is 0 Å². The summed E-state index contributed by atoms with van der Waals surface area (Å²) < 4.78 is 0.197. The number of benzene rings is 1. The van der Waals surface area contributed by atoms with Gasteiger partial charge in [-0.1, -0.05) is 43.9 Å². The molecule has 1 aromatic rings. The van der Waals surface area contributed by atoms with Gasteiger partial charge in [-0.15, -0.1) is 0 Å². The van der Waals surface area contributed by atoms with Crippen LogP contribution in [0.5, 0.6) is 11.5 Å². The molecule has 0 aromatic heterocycles. The van der Waals surface area contributed by atoms with Crippen LogP contribution in [0.25, 0.3) is 6.08 Å². The largest absolute Gasteiger partial charge is 0.504 e. The van der Waals surface area contributed by atoms with Gasteiger partial charge in [0.05, 0.1) is 4.91 Å². The smallest absolute Gasteiger partial charge is 0.326 e. The number of carboxylic acid groups (broad SMARTS) is 1. The van der Waals surface area contributed by atoms with Gasteiger partial charge in [-0.3, -0.25) is 9.69 Å². The zero-order valence-corrected chi connectivity index (χ0v) is 14.7. The molecule has 1 atom stereocenters. The van der Waals surface area contributed by atoms with Crippen LogP contribution in [0, 0.1) is 5.92 Å². The van der Waals surface area contributed by atoms with E-state index in [0.29, 0.717) is 12.0 Å². The van der Waals surface area contributed by atoms with Gasteiger partial charge < -0.3 is 15.3 Å². The van der Waals surface area contributed by atoms with Crippen molar-refractivity contribution >= 4 is 46.3 Å². The van der Waals surface area contributed by atoms with Crippen molar-refractivity contribution in [3.63, 3.8) is 0 Å². The first-order valence-corrected chi connectivity index (χ1v) is 8.45. The molecule has 24 heavy (non-hydrogen) atoms. The van der Waals surface area contributed by atoms with Crippen LogP contribution in [0.4, 0.5) is 0 Å². The minimum absolute atomic E-state index is 0.0915. The zero-order chi connectivity index (χ0) is 18.0. The Morgan fingerprint density at radius 1 is 1.33 bits per heavy atom. The van der Waals surface area contributed by atoms with Crippen molar-refractivity contribution in [2.75, 3.05) is 0 Å². The molecule has 1 fully saturated rings. The Kier molecular flexibility index (Phi) is 5.51. The average Bonchev–Trinajstić information content (AvgIpc) is 2.75. The quantitative estimate of drug-likeness (QED) is 0.418. The number of amides is 1. The van der Waals surface area contributed by atoms with Gasteiger partial charge in [-0.05, 0) is 36.1 Å². The number of nitrogens with zero attached hydrogens (tertiary/aromatic N) is 1. The lowest BCUT2D eigenvalue weighted by atomic mass is 10.0. The third kappa shape index (κ3) is 3.88. The molecule has 0 bridgehead atoms. The first kappa shape index (κ1) is 18.3. The van der Waals surface area contributed by atoms with Crippen LogP contribution in [-0.2, 0) is 9.59 Å². The van der Waals surface area contributed by atoms with Crippen molar-refractivity contribution in [1.82, 2.24) is 4.90 Å². The highest BCUT2D eigenvalue weighted by Gasteiger charge is 2.40. The second-order valence-corrected chi connectivity index (χ2v) is 7.46. The number of aliphatic carboxylic acids is 1. The molecule has 6 nitrogen and oxygen atoms in total. The fourth-order valence-corrected chi connectivity index (χ4v) is 3.65. The van der Waals surface area contributed by atoms with Gasteiger partial charge >= 0.3 is 5.97 Å². The number of thiocarbonyl (C=S) groups is 1. The molecule has 0 saturated carbocycles. The number of carbonyl (C=O) groups excluding carboxylic acids is 1. The summed E-state index contributed by atoms with van der Waals surface area (Å²) in [4.78, 5) is 25.5. The molecule has 1 aliphatic rings. The molecule has 0 unspecified atom stereocenters. The van der Waals surface area contributed by atoms with Crippen LogP contribution in [-0.4, -0.2) is 42.5 Å². The molecule has 1 amide bonds. The summed E-state index contributed by atoms with van der Waals surface area (Å²) in [6.45, 7) is 3.76. The first-order valence-electron chi connectivity index (χ1n) is 7.22. The highest BCUT2D eigenvalue weighted by molar-refractivity contribution is 8.26. The standard InChI is InChI=1S/C16H17NO5S2/c1-8(2)5-10(15(21)22)17-14(20)13(24-16(17)23)7-9-3-4-11(18)12(19)6-9/h3-4,6-8,10,18-19H,5H2,1-2H3,(H,21,22)/b13-7-/t10-/m1/s1. The van der Waals surface area contributed by atoms with E-state index in [1.54, 1.807) is 0 Å². The summed E-state index contributed by atoms with van der Waals surface area (Å²) in [7, 11) is 0. The van der Waals surface area contributed by atoms with Crippen molar-refractivity contribution in [2.45, 2.75) is 26.3 Å². The van der Waals surface area contributed by atoms with Crippen molar-refractivity contribution < 1.29 is 24.9 Å². The highest BCUT2D eigenvalue weighted by Crippen LogP contribution is 2.36. The van der Waals surface area contributed by atoms with Gasteiger partial charge in [0.1, 0.15) is 10.4 Å². The number of rotatable bonds is 5. The maximum Gasteiger partial charge on any atom is 0.326 e. The number of phenols is 2. The molecule has 0 radical (unpaired) electrons. The molecule has 0 spiro atoms. The number of carbonyl (C=O) groups is 2. The number of carboxylic acids is 1. The lowest BCUT2D eigenvalue weighted by molar-refractivity contribution is -0.145. The molecule has 3 N–H and O–H groups in total. The molecule has 8 heteroatoms. The maximum absolute atomic E-state index is 12.6. The molecule has 0 aliphatic carbocycles. The number of hydrogen-bond acceptors (Lipinski definition) is 6. The molecular formula is C16H17NO5S2. The Balaban J connectivity index is 2.31. The van der Waals surface area contributed by atoms with Gasteiger partial charge in [-0.2, -0.15) is 0 Å². The minimum Gasteiger partial charge on any atom is -0.504 e. The predicted molar refractivity (Wildman–Crippen MR) is 95.7 cm³/mol. The summed E-state index contributed by atoms with van der Waals surface area (Å²) in [6, 6.07) is 3.15. The van der Waals surface area contributed by atoms with Gasteiger partial charge in [0.25, 0.3) is 5.91 Å². The Morgan fingerprint density at radius 2 is 2.00 bits per heavy atom. The van der Waals surface area contributed by atoms with E-state index in [9.17, 15) is 24.9 Å². The normalized spacial score (nSPS) is 17.8. The third-order valence-corrected chi connectivity index (χ3v) is 4.74. The lowest BCUT2D eigenvalue weighted by Crippen LogP contribution is -2.44. The summed E-state index contributed by atoms with van der Waals surface area (Å²) in [5.74, 6) is -2.03. The van der Waals surface area contributed by atoms with Crippen LogP contribution in [0.3, 0.4) is 0 Å². The summed E-state index contributed by atoms with van der Waals surface area (Å²) >= 11 is 6.20. The number of hydrogen-bond donors (Lipinski definition) is 3. The Morgan fingerprint density at radius 3 is 2.54 bits per heavy atom. The molecule has 128 valence electrons. The van der Waals surface area contributed by atoms with Gasteiger partial charge in [0.2, 0.25) is 0 Å². The summed E-state index contributed by atoms with van der Waals surface area (Å²) in [6.07, 6.45) is 1.81. The van der Waals surface area contributed by atoms with Crippen molar-refractivity contribution in [3.8, 4) is 11.5 Å². The van der Waals surface area contributed by atoms with E-state index in [-0.39, 0.29) is 26.6 Å². The highest BCUT2D eigenvalue weighted by atomic mass is 32.2. The topological polar surface area (TPSA) is 98.1 Å². The molecular weight excluding hydrogens is 350 g/mol. The fourth-order valence-electron chi connectivity index (χ4n) is 2.29. The SMILES string of the molecule is CC(C)C[C@H](C(=O)O)N1C(=O)/C(=C/c2ccc(O)c(O)c2)SC1=S.